The Labute approximate surface area is 97.1 Å². The molecule has 0 amide bonds. The van der Waals surface area contributed by atoms with Crippen LogP contribution in [0.5, 0.6) is 0 Å². The van der Waals surface area contributed by atoms with Gasteiger partial charge in [-0.1, -0.05) is 24.3 Å². The van der Waals surface area contributed by atoms with E-state index in [2.05, 4.69) is 50.4 Å². The van der Waals surface area contributed by atoms with Gasteiger partial charge in [-0.05, 0) is 55.7 Å². The largest absolute Gasteiger partial charge is 0.355 e. The van der Waals surface area contributed by atoms with E-state index in [0.29, 0.717) is 0 Å². The van der Waals surface area contributed by atoms with Gasteiger partial charge in [-0.2, -0.15) is 0 Å². The summed E-state index contributed by atoms with van der Waals surface area (Å²) in [7, 11) is 0. The molecule has 0 aliphatic rings. The molecule has 0 fully saturated rings. The number of hydrogen-bond acceptors (Lipinski definition) is 1. The molecule has 0 saturated carbocycles. The van der Waals surface area contributed by atoms with E-state index in [-0.39, 0.29) is 0 Å². The molecule has 1 heteroatoms. The van der Waals surface area contributed by atoms with Crippen LogP contribution in [0.25, 0.3) is 0 Å². The summed E-state index contributed by atoms with van der Waals surface area (Å²) >= 11 is 0. The third kappa shape index (κ3) is 2.25. The van der Waals surface area contributed by atoms with E-state index in [1.807, 2.05) is 18.2 Å². The fraction of sp³-hybridized carbons (Fsp3) is 0.133. The first-order valence-corrected chi connectivity index (χ1v) is 5.42. The second kappa shape index (κ2) is 4.40. The molecular formula is C15H16N. The molecule has 2 rings (SSSR count). The quantitative estimate of drug-likeness (QED) is 0.782. The highest BCUT2D eigenvalue weighted by Crippen LogP contribution is 2.21. The molecule has 0 aliphatic carbocycles. The van der Waals surface area contributed by atoms with Crippen molar-refractivity contribution in [1.29, 1.82) is 0 Å². The summed E-state index contributed by atoms with van der Waals surface area (Å²) in [5.74, 6) is 0. The van der Waals surface area contributed by atoms with E-state index in [9.17, 15) is 0 Å². The second-order valence-corrected chi connectivity index (χ2v) is 4.08. The van der Waals surface area contributed by atoms with Crippen LogP contribution in [-0.4, -0.2) is 0 Å². The third-order valence-electron chi connectivity index (χ3n) is 2.77. The zero-order valence-electron chi connectivity index (χ0n) is 9.75. The highest BCUT2D eigenvalue weighted by Gasteiger charge is 1.99. The van der Waals surface area contributed by atoms with E-state index in [1.54, 1.807) is 0 Å². The maximum absolute atomic E-state index is 3.96. The molecule has 1 nitrogen and oxygen atoms in total. The molecule has 2 aromatic rings. The van der Waals surface area contributed by atoms with Gasteiger partial charge in [0.2, 0.25) is 0 Å². The summed E-state index contributed by atoms with van der Waals surface area (Å²) in [5, 5.41) is 3.41. The summed E-state index contributed by atoms with van der Waals surface area (Å²) in [6.07, 6.45) is 0. The molecule has 0 saturated heterocycles. The Balaban J connectivity index is 2.28. The molecular weight excluding hydrogens is 194 g/mol. The van der Waals surface area contributed by atoms with Crippen molar-refractivity contribution in [2.75, 3.05) is 5.32 Å². The lowest BCUT2D eigenvalue weighted by molar-refractivity contribution is 1.38. The van der Waals surface area contributed by atoms with Gasteiger partial charge in [0.1, 0.15) is 0 Å². The van der Waals surface area contributed by atoms with Gasteiger partial charge in [0.05, 0.1) is 0 Å². The van der Waals surface area contributed by atoms with Gasteiger partial charge in [-0.25, -0.2) is 0 Å². The fourth-order valence-corrected chi connectivity index (χ4v) is 1.64. The van der Waals surface area contributed by atoms with Crippen molar-refractivity contribution in [3.8, 4) is 0 Å². The lowest BCUT2D eigenvalue weighted by Crippen LogP contribution is -1.93. The maximum atomic E-state index is 3.96. The van der Waals surface area contributed by atoms with Gasteiger partial charge >= 0.3 is 0 Å². The first-order chi connectivity index (χ1) is 7.66. The third-order valence-corrected chi connectivity index (χ3v) is 2.77. The van der Waals surface area contributed by atoms with E-state index in [1.165, 1.54) is 11.1 Å². The van der Waals surface area contributed by atoms with E-state index in [0.717, 1.165) is 16.9 Å². The van der Waals surface area contributed by atoms with E-state index < -0.39 is 0 Å². The van der Waals surface area contributed by atoms with Crippen molar-refractivity contribution < 1.29 is 0 Å². The van der Waals surface area contributed by atoms with Crippen molar-refractivity contribution >= 4 is 11.4 Å². The van der Waals surface area contributed by atoms with Gasteiger partial charge in [-0.15, -0.1) is 0 Å². The lowest BCUT2D eigenvalue weighted by atomic mass is 10.1. The fourth-order valence-electron chi connectivity index (χ4n) is 1.64. The van der Waals surface area contributed by atoms with Crippen molar-refractivity contribution in [2.24, 2.45) is 0 Å². The molecule has 0 aliphatic heterocycles. The SMILES string of the molecule is [CH2]c1ccc(Nc2ccccc2C)cc1C. The van der Waals surface area contributed by atoms with Crippen LogP contribution < -0.4 is 5.32 Å². The first kappa shape index (κ1) is 10.7. The number of anilines is 2. The molecule has 0 aromatic heterocycles. The van der Waals surface area contributed by atoms with Crippen LogP contribution in [0.4, 0.5) is 11.4 Å². The predicted molar refractivity (Wildman–Crippen MR) is 70.1 cm³/mol. The zero-order valence-corrected chi connectivity index (χ0v) is 9.75. The molecule has 16 heavy (non-hydrogen) atoms. The van der Waals surface area contributed by atoms with Crippen LogP contribution in [0.15, 0.2) is 42.5 Å². The van der Waals surface area contributed by atoms with E-state index in [4.69, 9.17) is 0 Å². The Morgan fingerprint density at radius 1 is 0.938 bits per heavy atom. The summed E-state index contributed by atoms with van der Waals surface area (Å²) in [5.41, 5.74) is 5.80. The standard InChI is InChI=1S/C15H16N/c1-11-8-9-14(10-13(11)3)16-15-7-5-4-6-12(15)2/h4-10,16H,1H2,2-3H3. The number of rotatable bonds is 2. The van der Waals surface area contributed by atoms with Crippen LogP contribution in [0.1, 0.15) is 16.7 Å². The Hall–Kier alpha value is -1.76. The Morgan fingerprint density at radius 2 is 1.69 bits per heavy atom. The van der Waals surface area contributed by atoms with Gasteiger partial charge in [0, 0.05) is 11.4 Å². The van der Waals surface area contributed by atoms with Crippen LogP contribution in [0.3, 0.4) is 0 Å². The number of benzene rings is 2. The van der Waals surface area contributed by atoms with Crippen molar-refractivity contribution in [3.63, 3.8) is 0 Å². The second-order valence-electron chi connectivity index (χ2n) is 4.08. The summed E-state index contributed by atoms with van der Waals surface area (Å²) in [4.78, 5) is 0. The Morgan fingerprint density at radius 3 is 2.38 bits per heavy atom. The number of nitrogens with one attached hydrogen (secondary N) is 1. The van der Waals surface area contributed by atoms with Crippen LogP contribution in [0.2, 0.25) is 0 Å². The lowest BCUT2D eigenvalue weighted by Gasteiger charge is -2.10. The summed E-state index contributed by atoms with van der Waals surface area (Å²) in [6, 6.07) is 14.5. The molecule has 1 N–H and O–H groups in total. The molecule has 0 bridgehead atoms. The van der Waals surface area contributed by atoms with Crippen molar-refractivity contribution in [3.05, 3.63) is 66.1 Å². The molecule has 1 radical (unpaired) electrons. The monoisotopic (exact) mass is 210 g/mol. The van der Waals surface area contributed by atoms with Gasteiger partial charge in [0.25, 0.3) is 0 Å². The van der Waals surface area contributed by atoms with Gasteiger partial charge < -0.3 is 5.32 Å². The molecule has 0 atom stereocenters. The zero-order chi connectivity index (χ0) is 11.5. The average Bonchev–Trinajstić information content (AvgIpc) is 2.27. The average molecular weight is 210 g/mol. The molecule has 0 heterocycles. The van der Waals surface area contributed by atoms with E-state index >= 15 is 0 Å². The highest BCUT2D eigenvalue weighted by molar-refractivity contribution is 5.64. The maximum Gasteiger partial charge on any atom is 0.0413 e. The number of aryl methyl sites for hydroxylation is 2. The Kier molecular flexibility index (Phi) is 2.95. The smallest absolute Gasteiger partial charge is 0.0413 e. The highest BCUT2D eigenvalue weighted by atomic mass is 14.9. The number of para-hydroxylation sites is 1. The van der Waals surface area contributed by atoms with Crippen LogP contribution in [0, 0.1) is 20.8 Å². The van der Waals surface area contributed by atoms with Gasteiger partial charge in [0.15, 0.2) is 0 Å². The van der Waals surface area contributed by atoms with Crippen molar-refractivity contribution in [2.45, 2.75) is 13.8 Å². The Bertz CT molecular complexity index is 501. The van der Waals surface area contributed by atoms with Gasteiger partial charge in [-0.3, -0.25) is 0 Å². The predicted octanol–water partition coefficient (Wildman–Crippen LogP) is 4.23. The molecule has 0 spiro atoms. The van der Waals surface area contributed by atoms with Crippen LogP contribution >= 0.6 is 0 Å². The minimum Gasteiger partial charge on any atom is -0.355 e. The van der Waals surface area contributed by atoms with Crippen molar-refractivity contribution in [1.82, 2.24) is 0 Å². The molecule has 0 unspecified atom stereocenters. The first-order valence-electron chi connectivity index (χ1n) is 5.42. The molecule has 81 valence electrons. The topological polar surface area (TPSA) is 12.0 Å². The minimum absolute atomic E-state index is 1.08. The minimum atomic E-state index is 1.08. The summed E-state index contributed by atoms with van der Waals surface area (Å²) in [6.45, 7) is 8.13. The summed E-state index contributed by atoms with van der Waals surface area (Å²) < 4.78 is 0. The number of hydrogen-bond donors (Lipinski definition) is 1. The normalized spacial score (nSPS) is 10.2. The van der Waals surface area contributed by atoms with Crippen LogP contribution in [-0.2, 0) is 0 Å². The molecule has 2 aromatic carbocycles.